The summed E-state index contributed by atoms with van der Waals surface area (Å²) in [4.78, 5) is 12.0. The average Bonchev–Trinajstić information content (AvgIpc) is 2.70. The van der Waals surface area contributed by atoms with Gasteiger partial charge < -0.3 is 4.18 Å². The minimum atomic E-state index is -3.89. The summed E-state index contributed by atoms with van der Waals surface area (Å²) in [5, 5.41) is 4.33. The highest BCUT2D eigenvalue weighted by molar-refractivity contribution is 7.87. The highest BCUT2D eigenvalue weighted by Gasteiger charge is 2.15. The second kappa shape index (κ2) is 8.69. The number of carbonyl (C=O) groups is 1. The van der Waals surface area contributed by atoms with Gasteiger partial charge in [-0.05, 0) is 60.2 Å². The third kappa shape index (κ3) is 5.18. The summed E-state index contributed by atoms with van der Waals surface area (Å²) in [6.45, 7) is 0. The molecule has 0 saturated carbocycles. The minimum absolute atomic E-state index is 0.0735. The van der Waals surface area contributed by atoms with E-state index < -0.39 is 16.0 Å². The SMILES string of the molecule is O=C(N/N=C\c1ccc(OS(=O)(=O)c2ccccc2)cc1)c1cccc(Cl)c1. The smallest absolute Gasteiger partial charge is 0.339 e. The molecule has 0 atom stereocenters. The van der Waals surface area contributed by atoms with E-state index in [9.17, 15) is 13.2 Å². The van der Waals surface area contributed by atoms with Crippen molar-refractivity contribution in [2.24, 2.45) is 5.10 Å². The van der Waals surface area contributed by atoms with Crippen molar-refractivity contribution in [3.05, 3.63) is 95.0 Å². The van der Waals surface area contributed by atoms with E-state index in [0.29, 0.717) is 16.1 Å². The Morgan fingerprint density at radius 3 is 2.36 bits per heavy atom. The van der Waals surface area contributed by atoms with Gasteiger partial charge in [0.05, 0.1) is 6.21 Å². The van der Waals surface area contributed by atoms with Crippen LogP contribution in [0.15, 0.2) is 88.9 Å². The maximum Gasteiger partial charge on any atom is 0.339 e. The standard InChI is InChI=1S/C20H15ClN2O4S/c21-17-6-4-5-16(13-17)20(24)23-22-14-15-9-11-18(12-10-15)27-28(25,26)19-7-2-1-3-8-19/h1-14H,(H,23,24)/b22-14-. The van der Waals surface area contributed by atoms with E-state index in [2.05, 4.69) is 10.5 Å². The van der Waals surface area contributed by atoms with Gasteiger partial charge in [0.25, 0.3) is 5.91 Å². The Kier molecular flexibility index (Phi) is 6.08. The monoisotopic (exact) mass is 414 g/mol. The van der Waals surface area contributed by atoms with Crippen molar-refractivity contribution in [2.45, 2.75) is 4.90 Å². The average molecular weight is 415 g/mol. The van der Waals surface area contributed by atoms with Gasteiger partial charge in [-0.3, -0.25) is 4.79 Å². The fourth-order valence-corrected chi connectivity index (χ4v) is 3.37. The Balaban J connectivity index is 1.61. The van der Waals surface area contributed by atoms with Crippen LogP contribution in [0.2, 0.25) is 5.02 Å². The molecule has 0 bridgehead atoms. The number of amides is 1. The van der Waals surface area contributed by atoms with Crippen LogP contribution in [-0.2, 0) is 10.1 Å². The van der Waals surface area contributed by atoms with Crippen LogP contribution in [0.5, 0.6) is 5.75 Å². The lowest BCUT2D eigenvalue weighted by atomic mass is 10.2. The fourth-order valence-electron chi connectivity index (χ4n) is 2.23. The molecule has 0 fully saturated rings. The molecule has 0 aliphatic carbocycles. The molecule has 0 aliphatic heterocycles. The summed E-state index contributed by atoms with van der Waals surface area (Å²) < 4.78 is 29.5. The van der Waals surface area contributed by atoms with E-state index in [1.165, 1.54) is 36.5 Å². The predicted molar refractivity (Wildman–Crippen MR) is 107 cm³/mol. The zero-order valence-electron chi connectivity index (χ0n) is 14.4. The van der Waals surface area contributed by atoms with Crippen LogP contribution < -0.4 is 9.61 Å². The number of nitrogens with one attached hydrogen (secondary N) is 1. The van der Waals surface area contributed by atoms with Crippen molar-refractivity contribution >= 4 is 33.8 Å². The molecular weight excluding hydrogens is 400 g/mol. The topological polar surface area (TPSA) is 84.8 Å². The number of hydrazone groups is 1. The number of hydrogen-bond donors (Lipinski definition) is 1. The molecule has 6 nitrogen and oxygen atoms in total. The number of benzene rings is 3. The minimum Gasteiger partial charge on any atom is -0.379 e. The van der Waals surface area contributed by atoms with Crippen molar-refractivity contribution in [2.75, 3.05) is 0 Å². The van der Waals surface area contributed by atoms with Crippen molar-refractivity contribution in [1.82, 2.24) is 5.43 Å². The van der Waals surface area contributed by atoms with Gasteiger partial charge in [0, 0.05) is 10.6 Å². The summed E-state index contributed by atoms with van der Waals surface area (Å²) in [6.07, 6.45) is 1.43. The van der Waals surface area contributed by atoms with Gasteiger partial charge in [0.15, 0.2) is 0 Å². The second-order valence-corrected chi connectivity index (χ2v) is 7.61. The largest absolute Gasteiger partial charge is 0.379 e. The Morgan fingerprint density at radius 1 is 0.964 bits per heavy atom. The number of halogens is 1. The Labute approximate surface area is 167 Å². The lowest BCUT2D eigenvalue weighted by molar-refractivity contribution is 0.0955. The third-order valence-corrected chi connectivity index (χ3v) is 5.08. The van der Waals surface area contributed by atoms with E-state index in [1.54, 1.807) is 48.5 Å². The number of rotatable bonds is 6. The first kappa shape index (κ1) is 19.6. The van der Waals surface area contributed by atoms with Crippen molar-refractivity contribution in [3.8, 4) is 5.75 Å². The first-order chi connectivity index (χ1) is 13.4. The van der Waals surface area contributed by atoms with Gasteiger partial charge in [-0.25, -0.2) is 5.43 Å². The molecule has 0 saturated heterocycles. The van der Waals surface area contributed by atoms with Gasteiger partial charge in [0.2, 0.25) is 0 Å². The molecule has 142 valence electrons. The summed E-state index contributed by atoms with van der Waals surface area (Å²) in [7, 11) is -3.89. The molecule has 0 spiro atoms. The number of hydrogen-bond acceptors (Lipinski definition) is 5. The molecular formula is C20H15ClN2O4S. The maximum absolute atomic E-state index is 12.2. The van der Waals surface area contributed by atoms with Crippen molar-refractivity contribution in [1.29, 1.82) is 0 Å². The van der Waals surface area contributed by atoms with Crippen LogP contribution in [0.1, 0.15) is 15.9 Å². The van der Waals surface area contributed by atoms with E-state index in [-0.39, 0.29) is 10.6 Å². The van der Waals surface area contributed by atoms with Crippen LogP contribution in [0, 0.1) is 0 Å². The van der Waals surface area contributed by atoms with Crippen LogP contribution in [0.25, 0.3) is 0 Å². The van der Waals surface area contributed by atoms with Crippen LogP contribution in [0.4, 0.5) is 0 Å². The van der Waals surface area contributed by atoms with Crippen molar-refractivity contribution in [3.63, 3.8) is 0 Å². The molecule has 8 heteroatoms. The Morgan fingerprint density at radius 2 is 1.68 bits per heavy atom. The predicted octanol–water partition coefficient (Wildman–Crippen LogP) is 3.87. The molecule has 3 aromatic carbocycles. The Bertz CT molecular complexity index is 1100. The summed E-state index contributed by atoms with van der Waals surface area (Å²) >= 11 is 5.85. The van der Waals surface area contributed by atoms with Crippen LogP contribution >= 0.6 is 11.6 Å². The quantitative estimate of drug-likeness (QED) is 0.377. The summed E-state index contributed by atoms with van der Waals surface area (Å²) in [5.74, 6) is -0.225. The fraction of sp³-hybridized carbons (Fsp3) is 0. The second-order valence-electron chi connectivity index (χ2n) is 5.63. The molecule has 0 aliphatic rings. The van der Waals surface area contributed by atoms with Gasteiger partial charge in [-0.15, -0.1) is 0 Å². The zero-order valence-corrected chi connectivity index (χ0v) is 16.0. The molecule has 3 aromatic rings. The molecule has 0 aromatic heterocycles. The van der Waals surface area contributed by atoms with Gasteiger partial charge in [-0.1, -0.05) is 35.9 Å². The lowest BCUT2D eigenvalue weighted by Gasteiger charge is -2.07. The molecule has 1 N–H and O–H groups in total. The molecule has 28 heavy (non-hydrogen) atoms. The first-order valence-electron chi connectivity index (χ1n) is 8.13. The van der Waals surface area contributed by atoms with Crippen LogP contribution in [-0.4, -0.2) is 20.5 Å². The number of nitrogens with zero attached hydrogens (tertiary/aromatic N) is 1. The Hall–Kier alpha value is -3.16. The molecule has 0 unspecified atom stereocenters. The molecule has 0 heterocycles. The molecule has 1 amide bonds. The highest BCUT2D eigenvalue weighted by atomic mass is 35.5. The summed E-state index contributed by atoms with van der Waals surface area (Å²) in [6, 6.07) is 20.6. The van der Waals surface area contributed by atoms with Gasteiger partial charge in [0.1, 0.15) is 10.6 Å². The van der Waals surface area contributed by atoms with E-state index >= 15 is 0 Å². The van der Waals surface area contributed by atoms with E-state index in [1.807, 2.05) is 0 Å². The van der Waals surface area contributed by atoms with E-state index in [4.69, 9.17) is 15.8 Å². The van der Waals surface area contributed by atoms with Gasteiger partial charge >= 0.3 is 10.1 Å². The van der Waals surface area contributed by atoms with E-state index in [0.717, 1.165) is 0 Å². The molecule has 3 rings (SSSR count). The highest BCUT2D eigenvalue weighted by Crippen LogP contribution is 2.18. The van der Waals surface area contributed by atoms with Gasteiger partial charge in [-0.2, -0.15) is 13.5 Å². The maximum atomic E-state index is 12.2. The van der Waals surface area contributed by atoms with Crippen molar-refractivity contribution < 1.29 is 17.4 Å². The zero-order chi connectivity index (χ0) is 20.0. The summed E-state index contributed by atoms with van der Waals surface area (Å²) in [5.41, 5.74) is 3.43. The first-order valence-corrected chi connectivity index (χ1v) is 9.91. The molecule has 0 radical (unpaired) electrons. The lowest BCUT2D eigenvalue weighted by Crippen LogP contribution is -2.17. The van der Waals surface area contributed by atoms with Crippen LogP contribution in [0.3, 0.4) is 0 Å². The normalized spacial score (nSPS) is 11.3. The third-order valence-electron chi connectivity index (χ3n) is 3.58. The number of carbonyl (C=O) groups excluding carboxylic acids is 1.